The Labute approximate surface area is 110 Å². The SMILES string of the molecule is Cn1nc(C(=O)O)cc1-c1ccc(Br)c(O)c1O. The molecule has 3 N–H and O–H groups in total. The van der Waals surface area contributed by atoms with Crippen LogP contribution >= 0.6 is 15.9 Å². The fourth-order valence-corrected chi connectivity index (χ4v) is 1.91. The van der Waals surface area contributed by atoms with Gasteiger partial charge in [0.2, 0.25) is 0 Å². The first kappa shape index (κ1) is 12.4. The van der Waals surface area contributed by atoms with Crippen LogP contribution in [0.5, 0.6) is 11.5 Å². The Morgan fingerprint density at radius 2 is 2.00 bits per heavy atom. The average Bonchev–Trinajstić information content (AvgIpc) is 2.69. The molecule has 0 bridgehead atoms. The predicted molar refractivity (Wildman–Crippen MR) is 66.6 cm³/mol. The van der Waals surface area contributed by atoms with Crippen molar-refractivity contribution >= 4 is 21.9 Å². The summed E-state index contributed by atoms with van der Waals surface area (Å²) in [7, 11) is 1.56. The molecule has 0 aliphatic heterocycles. The van der Waals surface area contributed by atoms with Crippen LogP contribution in [0, 0.1) is 0 Å². The van der Waals surface area contributed by atoms with Crippen molar-refractivity contribution in [1.82, 2.24) is 9.78 Å². The van der Waals surface area contributed by atoms with Gasteiger partial charge in [0.1, 0.15) is 0 Å². The summed E-state index contributed by atoms with van der Waals surface area (Å²) in [6.07, 6.45) is 0. The van der Waals surface area contributed by atoms with Gasteiger partial charge in [0, 0.05) is 12.6 Å². The van der Waals surface area contributed by atoms with Gasteiger partial charge in [0.25, 0.3) is 0 Å². The van der Waals surface area contributed by atoms with Gasteiger partial charge >= 0.3 is 5.97 Å². The van der Waals surface area contributed by atoms with Crippen LogP contribution in [0.1, 0.15) is 10.5 Å². The molecule has 18 heavy (non-hydrogen) atoms. The van der Waals surface area contributed by atoms with Crippen LogP contribution in [0.25, 0.3) is 11.3 Å². The van der Waals surface area contributed by atoms with E-state index in [1.807, 2.05) is 0 Å². The van der Waals surface area contributed by atoms with Crippen molar-refractivity contribution in [3.05, 3.63) is 28.4 Å². The minimum absolute atomic E-state index is 0.130. The number of phenols is 2. The smallest absolute Gasteiger partial charge is 0.356 e. The number of benzene rings is 1. The van der Waals surface area contributed by atoms with Crippen molar-refractivity contribution in [1.29, 1.82) is 0 Å². The second kappa shape index (κ2) is 4.34. The summed E-state index contributed by atoms with van der Waals surface area (Å²) in [5, 5.41) is 32.1. The lowest BCUT2D eigenvalue weighted by molar-refractivity contribution is 0.0689. The van der Waals surface area contributed by atoms with Gasteiger partial charge < -0.3 is 15.3 Å². The van der Waals surface area contributed by atoms with Crippen molar-refractivity contribution in [2.45, 2.75) is 0 Å². The first-order valence-electron chi connectivity index (χ1n) is 4.90. The standard InChI is InChI=1S/C11H9BrN2O4/c1-14-8(4-7(13-14)11(17)18)5-2-3-6(12)10(16)9(5)15/h2-4,15-16H,1H3,(H,17,18). The monoisotopic (exact) mass is 312 g/mol. The average molecular weight is 313 g/mol. The van der Waals surface area contributed by atoms with Crippen LogP contribution in [-0.4, -0.2) is 31.1 Å². The minimum Gasteiger partial charge on any atom is -0.504 e. The summed E-state index contributed by atoms with van der Waals surface area (Å²) in [4.78, 5) is 10.8. The molecule has 0 spiro atoms. The molecule has 0 aliphatic rings. The van der Waals surface area contributed by atoms with Gasteiger partial charge in [-0.3, -0.25) is 4.68 Å². The molecule has 2 rings (SSSR count). The molecule has 0 aliphatic carbocycles. The molecule has 0 unspecified atom stereocenters. The van der Waals surface area contributed by atoms with Crippen molar-refractivity contribution in [2.75, 3.05) is 0 Å². The Morgan fingerprint density at radius 3 is 2.56 bits per heavy atom. The second-order valence-corrected chi connectivity index (χ2v) is 4.49. The summed E-state index contributed by atoms with van der Waals surface area (Å²) in [6.45, 7) is 0. The number of nitrogens with zero attached hydrogens (tertiary/aromatic N) is 2. The molecule has 1 aromatic heterocycles. The highest BCUT2D eigenvalue weighted by Gasteiger charge is 2.17. The van der Waals surface area contributed by atoms with Gasteiger partial charge in [0.15, 0.2) is 17.2 Å². The number of aryl methyl sites for hydroxylation is 1. The maximum absolute atomic E-state index is 10.8. The number of carboxylic acids is 1. The Bertz CT molecular complexity index is 636. The molecule has 0 amide bonds. The van der Waals surface area contributed by atoms with E-state index in [-0.39, 0.29) is 17.2 Å². The van der Waals surface area contributed by atoms with Gasteiger partial charge in [-0.1, -0.05) is 0 Å². The molecule has 6 nitrogen and oxygen atoms in total. The summed E-state index contributed by atoms with van der Waals surface area (Å²) >= 11 is 3.07. The number of carboxylic acid groups (broad SMARTS) is 1. The first-order valence-corrected chi connectivity index (χ1v) is 5.69. The van der Waals surface area contributed by atoms with E-state index < -0.39 is 5.97 Å². The molecule has 0 saturated carbocycles. The van der Waals surface area contributed by atoms with Gasteiger partial charge in [-0.25, -0.2) is 4.79 Å². The third kappa shape index (κ3) is 1.92. The van der Waals surface area contributed by atoms with Crippen molar-refractivity contribution in [3.63, 3.8) is 0 Å². The molecule has 0 radical (unpaired) electrons. The lowest BCUT2D eigenvalue weighted by Crippen LogP contribution is -1.99. The number of halogens is 1. The predicted octanol–water partition coefficient (Wildman–Crippen LogP) is 1.96. The molecule has 0 atom stereocenters. The fraction of sp³-hybridized carbons (Fsp3) is 0.0909. The van der Waals surface area contributed by atoms with E-state index in [2.05, 4.69) is 21.0 Å². The van der Waals surface area contributed by atoms with Crippen LogP contribution in [-0.2, 0) is 7.05 Å². The highest BCUT2D eigenvalue weighted by atomic mass is 79.9. The number of aromatic carboxylic acids is 1. The number of aromatic hydroxyl groups is 2. The van der Waals surface area contributed by atoms with Crippen molar-refractivity contribution < 1.29 is 20.1 Å². The Hall–Kier alpha value is -2.02. The molecule has 1 heterocycles. The van der Waals surface area contributed by atoms with E-state index in [1.165, 1.54) is 10.7 Å². The molecule has 94 valence electrons. The largest absolute Gasteiger partial charge is 0.504 e. The number of phenolic OH excluding ortho intramolecular Hbond substituents is 2. The number of hydrogen-bond acceptors (Lipinski definition) is 4. The maximum atomic E-state index is 10.8. The fourth-order valence-electron chi connectivity index (χ4n) is 1.59. The Balaban J connectivity index is 2.62. The highest BCUT2D eigenvalue weighted by molar-refractivity contribution is 9.10. The van der Waals surface area contributed by atoms with Crippen LogP contribution in [0.15, 0.2) is 22.7 Å². The Morgan fingerprint density at radius 1 is 1.33 bits per heavy atom. The van der Waals surface area contributed by atoms with Gasteiger partial charge in [0.05, 0.1) is 10.2 Å². The van der Waals surface area contributed by atoms with Gasteiger partial charge in [-0.15, -0.1) is 0 Å². The summed E-state index contributed by atoms with van der Waals surface area (Å²) in [6, 6.07) is 4.43. The van der Waals surface area contributed by atoms with Gasteiger partial charge in [-0.05, 0) is 34.1 Å². The van der Waals surface area contributed by atoms with E-state index in [0.29, 0.717) is 15.7 Å². The maximum Gasteiger partial charge on any atom is 0.356 e. The number of rotatable bonds is 2. The highest BCUT2D eigenvalue weighted by Crippen LogP contribution is 2.41. The van der Waals surface area contributed by atoms with Crippen molar-refractivity contribution in [2.24, 2.45) is 7.05 Å². The molecule has 7 heteroatoms. The molecule has 2 aromatic rings. The van der Waals surface area contributed by atoms with Crippen LogP contribution < -0.4 is 0 Å². The summed E-state index contributed by atoms with van der Waals surface area (Å²) in [5.41, 5.74) is 0.570. The van der Waals surface area contributed by atoms with Gasteiger partial charge in [-0.2, -0.15) is 5.10 Å². The topological polar surface area (TPSA) is 95.6 Å². The van der Waals surface area contributed by atoms with Crippen LogP contribution in [0.4, 0.5) is 0 Å². The lowest BCUT2D eigenvalue weighted by atomic mass is 10.1. The zero-order valence-electron chi connectivity index (χ0n) is 9.25. The molecular formula is C11H9BrN2O4. The zero-order valence-corrected chi connectivity index (χ0v) is 10.8. The summed E-state index contributed by atoms with van der Waals surface area (Å²) in [5.74, 6) is -1.78. The summed E-state index contributed by atoms with van der Waals surface area (Å²) < 4.78 is 1.68. The quantitative estimate of drug-likeness (QED) is 0.737. The van der Waals surface area contributed by atoms with Crippen molar-refractivity contribution in [3.8, 4) is 22.8 Å². The normalized spacial score (nSPS) is 10.6. The number of aromatic nitrogens is 2. The van der Waals surface area contributed by atoms with E-state index in [1.54, 1.807) is 19.2 Å². The number of hydrogen-bond donors (Lipinski definition) is 3. The lowest BCUT2D eigenvalue weighted by Gasteiger charge is -2.07. The molecule has 1 aromatic carbocycles. The first-order chi connectivity index (χ1) is 8.41. The van der Waals surface area contributed by atoms with E-state index in [9.17, 15) is 15.0 Å². The Kier molecular flexibility index (Phi) is 3.00. The molecule has 0 fully saturated rings. The number of carbonyl (C=O) groups is 1. The third-order valence-electron chi connectivity index (χ3n) is 2.48. The minimum atomic E-state index is -1.15. The van der Waals surface area contributed by atoms with E-state index >= 15 is 0 Å². The zero-order chi connectivity index (χ0) is 13.4. The molecular weight excluding hydrogens is 304 g/mol. The molecule has 0 saturated heterocycles. The van der Waals surface area contributed by atoms with E-state index in [4.69, 9.17) is 5.11 Å². The van der Waals surface area contributed by atoms with Crippen LogP contribution in [0.2, 0.25) is 0 Å². The second-order valence-electron chi connectivity index (χ2n) is 3.64. The third-order valence-corrected chi connectivity index (χ3v) is 3.12. The van der Waals surface area contributed by atoms with E-state index in [0.717, 1.165) is 0 Å². The van der Waals surface area contributed by atoms with Crippen LogP contribution in [0.3, 0.4) is 0 Å².